The number of methoxy groups -OCH3 is 1. The Labute approximate surface area is 186 Å². The first-order chi connectivity index (χ1) is 15.5. The van der Waals surface area contributed by atoms with Gasteiger partial charge in [-0.1, -0.05) is 6.07 Å². The van der Waals surface area contributed by atoms with Crippen LogP contribution in [0.1, 0.15) is 27.0 Å². The molecule has 0 unspecified atom stereocenters. The molecular weight excluding hydrogens is 408 g/mol. The van der Waals surface area contributed by atoms with Crippen molar-refractivity contribution < 1.29 is 19.1 Å². The van der Waals surface area contributed by atoms with Crippen LogP contribution < -0.4 is 20.2 Å². The third-order valence-corrected chi connectivity index (χ3v) is 4.66. The molecule has 1 aromatic heterocycles. The SMILES string of the molecule is COc1cc(C=NNC(=O)c2ccncc2)ccc1OCC(=O)Nc1ccc(C)c(C)c1. The van der Waals surface area contributed by atoms with E-state index >= 15 is 0 Å². The van der Waals surface area contributed by atoms with E-state index in [0.29, 0.717) is 28.3 Å². The maximum absolute atomic E-state index is 12.2. The highest BCUT2D eigenvalue weighted by atomic mass is 16.5. The van der Waals surface area contributed by atoms with Crippen molar-refractivity contribution in [3.8, 4) is 11.5 Å². The number of aryl methyl sites for hydroxylation is 2. The highest BCUT2D eigenvalue weighted by molar-refractivity contribution is 5.94. The summed E-state index contributed by atoms with van der Waals surface area (Å²) in [6.45, 7) is 3.83. The smallest absolute Gasteiger partial charge is 0.271 e. The summed E-state index contributed by atoms with van der Waals surface area (Å²) in [6.07, 6.45) is 4.55. The fourth-order valence-corrected chi connectivity index (χ4v) is 2.78. The molecule has 0 radical (unpaired) electrons. The molecule has 0 bridgehead atoms. The molecule has 2 N–H and O–H groups in total. The van der Waals surface area contributed by atoms with E-state index in [-0.39, 0.29) is 18.4 Å². The minimum absolute atomic E-state index is 0.168. The predicted octanol–water partition coefficient (Wildman–Crippen LogP) is 3.49. The van der Waals surface area contributed by atoms with Gasteiger partial charge in [0.25, 0.3) is 11.8 Å². The Bertz CT molecular complexity index is 1130. The van der Waals surface area contributed by atoms with Crippen LogP contribution in [-0.4, -0.2) is 36.7 Å². The number of ether oxygens (including phenoxy) is 2. The van der Waals surface area contributed by atoms with Crippen LogP contribution in [-0.2, 0) is 4.79 Å². The maximum Gasteiger partial charge on any atom is 0.271 e. The lowest BCUT2D eigenvalue weighted by Gasteiger charge is -2.12. The van der Waals surface area contributed by atoms with E-state index in [2.05, 4.69) is 20.8 Å². The van der Waals surface area contributed by atoms with E-state index < -0.39 is 0 Å². The number of nitrogens with one attached hydrogen (secondary N) is 2. The molecule has 3 aromatic rings. The monoisotopic (exact) mass is 432 g/mol. The summed E-state index contributed by atoms with van der Waals surface area (Å²) >= 11 is 0. The number of amides is 2. The van der Waals surface area contributed by atoms with Crippen LogP contribution in [0.25, 0.3) is 0 Å². The van der Waals surface area contributed by atoms with E-state index in [1.165, 1.54) is 25.7 Å². The van der Waals surface area contributed by atoms with Gasteiger partial charge in [-0.2, -0.15) is 5.10 Å². The van der Waals surface area contributed by atoms with Gasteiger partial charge in [0.1, 0.15) is 0 Å². The van der Waals surface area contributed by atoms with Crippen LogP contribution in [0.15, 0.2) is 66.0 Å². The first-order valence-electron chi connectivity index (χ1n) is 9.87. The first kappa shape index (κ1) is 22.5. The standard InChI is InChI=1S/C24H24N4O4/c1-16-4-6-20(12-17(16)2)27-23(29)15-32-21-7-5-18(13-22(21)31-3)14-26-28-24(30)19-8-10-25-11-9-19/h4-14H,15H2,1-3H3,(H,27,29)(H,28,30). The Morgan fingerprint density at radius 3 is 2.50 bits per heavy atom. The molecule has 164 valence electrons. The molecule has 0 atom stereocenters. The number of anilines is 1. The molecule has 2 aromatic carbocycles. The molecule has 0 aliphatic rings. The summed E-state index contributed by atoms with van der Waals surface area (Å²) in [5, 5.41) is 6.76. The molecule has 3 rings (SSSR count). The number of hydrogen-bond donors (Lipinski definition) is 2. The largest absolute Gasteiger partial charge is 0.493 e. The van der Waals surface area contributed by atoms with Crippen molar-refractivity contribution in [3.05, 3.63) is 83.2 Å². The van der Waals surface area contributed by atoms with Crippen LogP contribution in [0.2, 0.25) is 0 Å². The molecular formula is C24H24N4O4. The number of rotatable bonds is 8. The molecule has 0 saturated carbocycles. The molecule has 2 amide bonds. The molecule has 8 heteroatoms. The fourth-order valence-electron chi connectivity index (χ4n) is 2.78. The van der Waals surface area contributed by atoms with Gasteiger partial charge in [-0.25, -0.2) is 5.43 Å². The minimum Gasteiger partial charge on any atom is -0.493 e. The zero-order valence-corrected chi connectivity index (χ0v) is 18.1. The van der Waals surface area contributed by atoms with Crippen molar-refractivity contribution in [3.63, 3.8) is 0 Å². The summed E-state index contributed by atoms with van der Waals surface area (Å²) in [4.78, 5) is 28.1. The maximum atomic E-state index is 12.2. The summed E-state index contributed by atoms with van der Waals surface area (Å²) in [7, 11) is 1.50. The summed E-state index contributed by atoms with van der Waals surface area (Å²) in [5.74, 6) is 0.235. The number of hydrazone groups is 1. The number of carbonyl (C=O) groups is 2. The van der Waals surface area contributed by atoms with Crippen LogP contribution in [0, 0.1) is 13.8 Å². The average molecular weight is 432 g/mol. The van der Waals surface area contributed by atoms with E-state index in [1.54, 1.807) is 30.3 Å². The third-order valence-electron chi connectivity index (χ3n) is 4.66. The van der Waals surface area contributed by atoms with Crippen molar-refractivity contribution in [2.24, 2.45) is 5.10 Å². The molecule has 32 heavy (non-hydrogen) atoms. The van der Waals surface area contributed by atoms with E-state index in [9.17, 15) is 9.59 Å². The predicted molar refractivity (Wildman–Crippen MR) is 122 cm³/mol. The van der Waals surface area contributed by atoms with E-state index in [1.807, 2.05) is 32.0 Å². The molecule has 0 spiro atoms. The lowest BCUT2D eigenvalue weighted by Crippen LogP contribution is -2.20. The highest BCUT2D eigenvalue weighted by Crippen LogP contribution is 2.27. The van der Waals surface area contributed by atoms with E-state index in [4.69, 9.17) is 9.47 Å². The van der Waals surface area contributed by atoms with Crippen molar-refractivity contribution in [2.75, 3.05) is 19.0 Å². The average Bonchev–Trinajstić information content (AvgIpc) is 2.81. The second-order valence-corrected chi connectivity index (χ2v) is 6.98. The molecule has 0 saturated heterocycles. The van der Waals surface area contributed by atoms with Crippen molar-refractivity contribution in [1.29, 1.82) is 0 Å². The zero-order valence-electron chi connectivity index (χ0n) is 18.1. The number of aromatic nitrogens is 1. The van der Waals surface area contributed by atoms with E-state index in [0.717, 1.165) is 11.1 Å². The van der Waals surface area contributed by atoms with Gasteiger partial charge in [-0.15, -0.1) is 0 Å². The van der Waals surface area contributed by atoms with Gasteiger partial charge in [0.15, 0.2) is 18.1 Å². The second kappa shape index (κ2) is 10.7. The lowest BCUT2D eigenvalue weighted by molar-refractivity contribution is -0.118. The van der Waals surface area contributed by atoms with Crippen molar-refractivity contribution in [1.82, 2.24) is 10.4 Å². The molecule has 0 fully saturated rings. The Hall–Kier alpha value is -4.20. The molecule has 8 nitrogen and oxygen atoms in total. The summed E-state index contributed by atoms with van der Waals surface area (Å²) < 4.78 is 11.0. The number of benzene rings is 2. The fraction of sp³-hybridized carbons (Fsp3) is 0.167. The zero-order chi connectivity index (χ0) is 22.9. The number of carbonyl (C=O) groups excluding carboxylic acids is 2. The molecule has 0 aliphatic carbocycles. The van der Waals surface area contributed by atoms with Crippen LogP contribution in [0.3, 0.4) is 0 Å². The third kappa shape index (κ3) is 6.15. The summed E-state index contributed by atoms with van der Waals surface area (Å²) in [5.41, 5.74) is 6.56. The number of nitrogens with zero attached hydrogens (tertiary/aromatic N) is 2. The number of pyridine rings is 1. The van der Waals surface area contributed by atoms with Crippen molar-refractivity contribution in [2.45, 2.75) is 13.8 Å². The van der Waals surface area contributed by atoms with Gasteiger partial charge in [0, 0.05) is 23.6 Å². The second-order valence-electron chi connectivity index (χ2n) is 6.98. The quantitative estimate of drug-likeness (QED) is 0.419. The van der Waals surface area contributed by atoms with Crippen molar-refractivity contribution >= 4 is 23.7 Å². The van der Waals surface area contributed by atoms with Crippen LogP contribution >= 0.6 is 0 Å². The van der Waals surface area contributed by atoms with Gasteiger partial charge in [0.2, 0.25) is 0 Å². The van der Waals surface area contributed by atoms with Gasteiger partial charge in [-0.05, 0) is 73.0 Å². The lowest BCUT2D eigenvalue weighted by atomic mass is 10.1. The first-order valence-corrected chi connectivity index (χ1v) is 9.87. The molecule has 1 heterocycles. The minimum atomic E-state index is -0.342. The molecule has 0 aliphatic heterocycles. The summed E-state index contributed by atoms with van der Waals surface area (Å²) in [6, 6.07) is 14.0. The van der Waals surface area contributed by atoms with Gasteiger partial charge in [-0.3, -0.25) is 14.6 Å². The van der Waals surface area contributed by atoms with Gasteiger partial charge < -0.3 is 14.8 Å². The van der Waals surface area contributed by atoms with Gasteiger partial charge >= 0.3 is 0 Å². The Morgan fingerprint density at radius 1 is 1.00 bits per heavy atom. The Balaban J connectivity index is 1.56. The van der Waals surface area contributed by atoms with Crippen LogP contribution in [0.5, 0.6) is 11.5 Å². The number of hydrogen-bond acceptors (Lipinski definition) is 6. The van der Waals surface area contributed by atoms with Crippen LogP contribution in [0.4, 0.5) is 5.69 Å². The Morgan fingerprint density at radius 2 is 1.78 bits per heavy atom. The topological polar surface area (TPSA) is 102 Å². The normalized spacial score (nSPS) is 10.6. The highest BCUT2D eigenvalue weighted by Gasteiger charge is 2.09. The Kier molecular flexibility index (Phi) is 7.53. The van der Waals surface area contributed by atoms with Gasteiger partial charge in [0.05, 0.1) is 13.3 Å².